The van der Waals surface area contributed by atoms with Crippen molar-refractivity contribution in [2.24, 2.45) is 5.41 Å². The van der Waals surface area contributed by atoms with E-state index in [1.165, 1.54) is 62.9 Å². The molecule has 2 nitrogen and oxygen atoms in total. The Kier molecular flexibility index (Phi) is 2.80. The number of rotatable bonds is 4. The first-order chi connectivity index (χ1) is 9.33. The quantitative estimate of drug-likeness (QED) is 0.889. The van der Waals surface area contributed by atoms with Gasteiger partial charge in [0, 0.05) is 36.8 Å². The highest BCUT2D eigenvalue weighted by molar-refractivity contribution is 5.52. The number of anilines is 1. The minimum absolute atomic E-state index is 0.697. The van der Waals surface area contributed by atoms with Crippen LogP contribution in [-0.2, 0) is 6.54 Å². The Bertz CT molecular complexity index is 450. The minimum Gasteiger partial charge on any atom is -0.370 e. The third-order valence-electron chi connectivity index (χ3n) is 5.16. The molecular formula is C17H24N2. The van der Waals surface area contributed by atoms with E-state index in [-0.39, 0.29) is 0 Å². The zero-order valence-corrected chi connectivity index (χ0v) is 11.7. The molecule has 1 aromatic carbocycles. The zero-order valence-electron chi connectivity index (χ0n) is 11.7. The summed E-state index contributed by atoms with van der Waals surface area (Å²) < 4.78 is 0. The molecule has 2 heteroatoms. The topological polar surface area (TPSA) is 15.3 Å². The molecule has 1 spiro atoms. The van der Waals surface area contributed by atoms with Crippen LogP contribution in [0.15, 0.2) is 24.3 Å². The fourth-order valence-corrected chi connectivity index (χ4v) is 3.80. The van der Waals surface area contributed by atoms with E-state index < -0.39 is 0 Å². The Balaban J connectivity index is 1.39. The van der Waals surface area contributed by atoms with E-state index in [4.69, 9.17) is 0 Å². The van der Waals surface area contributed by atoms with E-state index in [9.17, 15) is 0 Å². The number of nitrogens with one attached hydrogen (secondary N) is 1. The normalized spacial score (nSPS) is 24.7. The molecule has 0 radical (unpaired) electrons. The van der Waals surface area contributed by atoms with E-state index >= 15 is 0 Å². The highest BCUT2D eigenvalue weighted by Crippen LogP contribution is 2.46. The van der Waals surface area contributed by atoms with Crippen LogP contribution in [0.25, 0.3) is 0 Å². The van der Waals surface area contributed by atoms with Crippen LogP contribution in [0, 0.1) is 5.41 Å². The molecule has 102 valence electrons. The molecule has 1 saturated heterocycles. The predicted molar refractivity (Wildman–Crippen MR) is 79.4 cm³/mol. The molecule has 1 N–H and O–H groups in total. The Morgan fingerprint density at radius 2 is 1.95 bits per heavy atom. The van der Waals surface area contributed by atoms with Gasteiger partial charge in [-0.25, -0.2) is 0 Å². The van der Waals surface area contributed by atoms with Crippen LogP contribution < -0.4 is 10.2 Å². The van der Waals surface area contributed by atoms with Gasteiger partial charge in [-0.05, 0) is 43.4 Å². The summed E-state index contributed by atoms with van der Waals surface area (Å²) in [5.41, 5.74) is 3.58. The largest absolute Gasteiger partial charge is 0.370 e. The van der Waals surface area contributed by atoms with Crippen molar-refractivity contribution < 1.29 is 0 Å². The van der Waals surface area contributed by atoms with Crippen molar-refractivity contribution in [2.75, 3.05) is 18.0 Å². The molecule has 0 atom stereocenters. The Morgan fingerprint density at radius 3 is 2.68 bits per heavy atom. The molecule has 3 fully saturated rings. The fraction of sp³-hybridized carbons (Fsp3) is 0.647. The Hall–Kier alpha value is -1.02. The standard InChI is InChI=1S/C17H24N2/c1-2-9-17(8-1)12-19(13-17)16-5-3-4-14(10-16)11-18-15-6-7-15/h3-5,10,15,18H,1-2,6-9,11-13H2. The monoisotopic (exact) mass is 256 g/mol. The van der Waals surface area contributed by atoms with Gasteiger partial charge >= 0.3 is 0 Å². The van der Waals surface area contributed by atoms with E-state index in [1.54, 1.807) is 0 Å². The van der Waals surface area contributed by atoms with Gasteiger partial charge in [-0.1, -0.05) is 25.0 Å². The van der Waals surface area contributed by atoms with Crippen molar-refractivity contribution >= 4 is 5.69 Å². The van der Waals surface area contributed by atoms with Crippen molar-refractivity contribution in [3.8, 4) is 0 Å². The van der Waals surface area contributed by atoms with Crippen LogP contribution in [0.4, 0.5) is 5.69 Å². The Morgan fingerprint density at radius 1 is 1.16 bits per heavy atom. The first-order valence-electron chi connectivity index (χ1n) is 7.90. The number of nitrogens with zero attached hydrogens (tertiary/aromatic N) is 1. The van der Waals surface area contributed by atoms with Crippen molar-refractivity contribution in [1.29, 1.82) is 0 Å². The van der Waals surface area contributed by atoms with Gasteiger partial charge in [-0.3, -0.25) is 0 Å². The first kappa shape index (κ1) is 11.8. The minimum atomic E-state index is 0.697. The highest BCUT2D eigenvalue weighted by Gasteiger charge is 2.44. The van der Waals surface area contributed by atoms with E-state index in [1.807, 2.05) is 0 Å². The summed E-state index contributed by atoms with van der Waals surface area (Å²) in [4.78, 5) is 2.58. The highest BCUT2D eigenvalue weighted by atomic mass is 15.2. The maximum Gasteiger partial charge on any atom is 0.0369 e. The molecule has 1 aromatic rings. The van der Waals surface area contributed by atoms with Gasteiger partial charge in [0.25, 0.3) is 0 Å². The molecule has 0 bridgehead atoms. The number of hydrogen-bond donors (Lipinski definition) is 1. The lowest BCUT2D eigenvalue weighted by atomic mass is 9.78. The number of benzene rings is 1. The van der Waals surface area contributed by atoms with Crippen molar-refractivity contribution in [2.45, 2.75) is 51.1 Å². The van der Waals surface area contributed by atoms with Gasteiger partial charge in [-0.15, -0.1) is 0 Å². The maximum atomic E-state index is 3.61. The lowest BCUT2D eigenvalue weighted by molar-refractivity contribution is 0.222. The zero-order chi connectivity index (χ0) is 12.7. The predicted octanol–water partition coefficient (Wildman–Crippen LogP) is 3.32. The Labute approximate surface area is 116 Å². The molecule has 19 heavy (non-hydrogen) atoms. The molecule has 0 amide bonds. The van der Waals surface area contributed by atoms with Crippen molar-refractivity contribution in [3.05, 3.63) is 29.8 Å². The summed E-state index contributed by atoms with van der Waals surface area (Å²) in [5, 5.41) is 3.61. The molecule has 2 saturated carbocycles. The van der Waals surface area contributed by atoms with Crippen molar-refractivity contribution in [3.63, 3.8) is 0 Å². The summed E-state index contributed by atoms with van der Waals surface area (Å²) in [7, 11) is 0. The summed E-state index contributed by atoms with van der Waals surface area (Å²) >= 11 is 0. The second-order valence-electron chi connectivity index (χ2n) is 6.89. The second kappa shape index (κ2) is 4.52. The maximum absolute atomic E-state index is 3.61. The van der Waals surface area contributed by atoms with Gasteiger partial charge in [-0.2, -0.15) is 0 Å². The molecule has 0 unspecified atom stereocenters. The van der Waals surface area contributed by atoms with Crippen molar-refractivity contribution in [1.82, 2.24) is 5.32 Å². The molecule has 3 aliphatic rings. The summed E-state index contributed by atoms with van der Waals surface area (Å²) in [6.07, 6.45) is 8.58. The van der Waals surface area contributed by atoms with Crippen LogP contribution in [0.3, 0.4) is 0 Å². The molecule has 2 aliphatic carbocycles. The smallest absolute Gasteiger partial charge is 0.0369 e. The molecule has 1 aliphatic heterocycles. The average molecular weight is 256 g/mol. The lowest BCUT2D eigenvalue weighted by Gasteiger charge is -2.50. The second-order valence-corrected chi connectivity index (χ2v) is 6.89. The molecule has 0 aromatic heterocycles. The van der Waals surface area contributed by atoms with Crippen LogP contribution in [0.1, 0.15) is 44.1 Å². The summed E-state index contributed by atoms with van der Waals surface area (Å²) in [5.74, 6) is 0. The van der Waals surface area contributed by atoms with Gasteiger partial charge in [0.15, 0.2) is 0 Å². The molecular weight excluding hydrogens is 232 g/mol. The van der Waals surface area contributed by atoms with Crippen LogP contribution in [0.5, 0.6) is 0 Å². The SMILES string of the molecule is c1cc(CNC2CC2)cc(N2CC3(CCCC3)C2)c1. The van der Waals surface area contributed by atoms with Crippen LogP contribution >= 0.6 is 0 Å². The summed E-state index contributed by atoms with van der Waals surface area (Å²) in [6, 6.07) is 9.94. The fourth-order valence-electron chi connectivity index (χ4n) is 3.80. The van der Waals surface area contributed by atoms with Gasteiger partial charge in [0.2, 0.25) is 0 Å². The first-order valence-corrected chi connectivity index (χ1v) is 7.90. The summed E-state index contributed by atoms with van der Waals surface area (Å²) in [6.45, 7) is 3.64. The molecule has 1 heterocycles. The van der Waals surface area contributed by atoms with Gasteiger partial charge in [0.05, 0.1) is 0 Å². The van der Waals surface area contributed by atoms with E-state index in [0.29, 0.717) is 5.41 Å². The third kappa shape index (κ3) is 2.38. The van der Waals surface area contributed by atoms with Gasteiger partial charge in [0.1, 0.15) is 0 Å². The van der Waals surface area contributed by atoms with Crippen LogP contribution in [0.2, 0.25) is 0 Å². The van der Waals surface area contributed by atoms with E-state index in [0.717, 1.165) is 12.6 Å². The lowest BCUT2D eigenvalue weighted by Crippen LogP contribution is -2.55. The van der Waals surface area contributed by atoms with E-state index in [2.05, 4.69) is 34.5 Å². The third-order valence-corrected chi connectivity index (χ3v) is 5.16. The average Bonchev–Trinajstić information content (AvgIpc) is 3.09. The number of hydrogen-bond acceptors (Lipinski definition) is 2. The van der Waals surface area contributed by atoms with Crippen LogP contribution in [-0.4, -0.2) is 19.1 Å². The molecule has 4 rings (SSSR count). The van der Waals surface area contributed by atoms with Gasteiger partial charge < -0.3 is 10.2 Å².